The SMILES string of the molecule is N#Cc1ccc2c(c1Cl)CC(I)(C(F)F)N2CC(F)(F)F. The van der Waals surface area contributed by atoms with Crippen LogP contribution in [0, 0.1) is 11.3 Å². The third-order valence-corrected chi connectivity index (χ3v) is 5.04. The van der Waals surface area contributed by atoms with Gasteiger partial charge in [0, 0.05) is 12.1 Å². The van der Waals surface area contributed by atoms with E-state index < -0.39 is 22.7 Å². The molecule has 0 saturated heterocycles. The van der Waals surface area contributed by atoms with Gasteiger partial charge in [0.25, 0.3) is 6.43 Å². The number of hydrogen-bond acceptors (Lipinski definition) is 2. The summed E-state index contributed by atoms with van der Waals surface area (Å²) in [5, 5.41) is 8.80. The summed E-state index contributed by atoms with van der Waals surface area (Å²) in [7, 11) is 0. The summed E-state index contributed by atoms with van der Waals surface area (Å²) in [5.41, 5.74) is 0.193. The van der Waals surface area contributed by atoms with Crippen LogP contribution in [0.5, 0.6) is 0 Å². The van der Waals surface area contributed by atoms with Gasteiger partial charge in [-0.05, 0) is 40.3 Å². The molecule has 1 aromatic carbocycles. The second kappa shape index (κ2) is 5.43. The zero-order valence-electron chi connectivity index (χ0n) is 10.2. The van der Waals surface area contributed by atoms with Gasteiger partial charge in [-0.15, -0.1) is 0 Å². The van der Waals surface area contributed by atoms with Gasteiger partial charge < -0.3 is 4.90 Å². The Hall–Kier alpha value is -0.820. The van der Waals surface area contributed by atoms with E-state index in [1.165, 1.54) is 34.7 Å². The maximum atomic E-state index is 13.3. The minimum atomic E-state index is -4.63. The number of hydrogen-bond donors (Lipinski definition) is 0. The summed E-state index contributed by atoms with van der Waals surface area (Å²) in [5.74, 6) is 0. The average molecular weight is 437 g/mol. The summed E-state index contributed by atoms with van der Waals surface area (Å²) in [6.45, 7) is -1.50. The Kier molecular flexibility index (Phi) is 4.28. The van der Waals surface area contributed by atoms with Gasteiger partial charge in [-0.1, -0.05) is 11.6 Å². The molecule has 0 saturated carbocycles. The normalized spacial score (nSPS) is 21.6. The molecule has 1 aliphatic rings. The Bertz CT molecular complexity index is 613. The lowest BCUT2D eigenvalue weighted by molar-refractivity contribution is -0.122. The standard InChI is InChI=1S/C12H7ClF5IN2/c13-9-6(4-20)1-2-8-7(9)3-11(19,10(14)15)21(8)5-12(16,17)18/h1-2,10H,3,5H2. The molecule has 1 aliphatic heterocycles. The van der Waals surface area contributed by atoms with Crippen molar-refractivity contribution in [3.63, 3.8) is 0 Å². The van der Waals surface area contributed by atoms with E-state index in [9.17, 15) is 22.0 Å². The Labute approximate surface area is 135 Å². The van der Waals surface area contributed by atoms with Crippen LogP contribution in [0.2, 0.25) is 5.02 Å². The van der Waals surface area contributed by atoms with Crippen molar-refractivity contribution in [1.82, 2.24) is 0 Å². The molecule has 1 aromatic rings. The van der Waals surface area contributed by atoms with Gasteiger partial charge in [0.2, 0.25) is 0 Å². The van der Waals surface area contributed by atoms with Gasteiger partial charge >= 0.3 is 6.18 Å². The maximum absolute atomic E-state index is 13.3. The first-order valence-electron chi connectivity index (χ1n) is 5.63. The minimum absolute atomic E-state index is 0.00831. The highest BCUT2D eigenvalue weighted by molar-refractivity contribution is 14.1. The van der Waals surface area contributed by atoms with E-state index in [2.05, 4.69) is 0 Å². The van der Waals surface area contributed by atoms with Gasteiger partial charge in [-0.2, -0.15) is 18.4 Å². The lowest BCUT2D eigenvalue weighted by atomic mass is 10.1. The molecule has 21 heavy (non-hydrogen) atoms. The van der Waals surface area contributed by atoms with Crippen molar-refractivity contribution < 1.29 is 22.0 Å². The fourth-order valence-electron chi connectivity index (χ4n) is 2.25. The van der Waals surface area contributed by atoms with Gasteiger partial charge in [0.05, 0.1) is 10.6 Å². The number of anilines is 1. The molecule has 2 rings (SSSR count). The second-order valence-electron chi connectivity index (χ2n) is 4.53. The number of fused-ring (bicyclic) bond motifs is 1. The summed E-state index contributed by atoms with van der Waals surface area (Å²) in [6.07, 6.45) is -7.99. The van der Waals surface area contributed by atoms with Crippen LogP contribution >= 0.6 is 34.2 Å². The topological polar surface area (TPSA) is 27.0 Å². The molecular weight excluding hydrogens is 429 g/mol. The van der Waals surface area contributed by atoms with Gasteiger partial charge in [-0.3, -0.25) is 0 Å². The Morgan fingerprint density at radius 1 is 1.43 bits per heavy atom. The van der Waals surface area contributed by atoms with Gasteiger partial charge in [0.1, 0.15) is 12.6 Å². The van der Waals surface area contributed by atoms with E-state index in [1.54, 1.807) is 6.07 Å². The first-order chi connectivity index (χ1) is 9.60. The summed E-state index contributed by atoms with van der Waals surface area (Å²) in [6, 6.07) is 4.25. The molecular formula is C12H7ClF5IN2. The zero-order valence-corrected chi connectivity index (χ0v) is 13.1. The number of nitriles is 1. The third kappa shape index (κ3) is 2.90. The summed E-state index contributed by atoms with van der Waals surface area (Å²) >= 11 is 7.27. The molecule has 0 aromatic heterocycles. The molecule has 1 atom stereocenters. The smallest absolute Gasteiger partial charge is 0.342 e. The van der Waals surface area contributed by atoms with E-state index in [0.29, 0.717) is 4.90 Å². The fourth-order valence-corrected chi connectivity index (χ4v) is 3.33. The molecule has 2 nitrogen and oxygen atoms in total. The first-order valence-corrected chi connectivity index (χ1v) is 7.09. The highest BCUT2D eigenvalue weighted by Gasteiger charge is 2.52. The van der Waals surface area contributed by atoms with Crippen molar-refractivity contribution >= 4 is 39.9 Å². The first kappa shape index (κ1) is 16.5. The number of alkyl halides is 6. The monoisotopic (exact) mass is 436 g/mol. The molecule has 1 heterocycles. The van der Waals surface area contributed by atoms with Crippen LogP contribution < -0.4 is 4.90 Å². The minimum Gasteiger partial charge on any atom is -0.342 e. The Morgan fingerprint density at radius 2 is 2.05 bits per heavy atom. The van der Waals surface area contributed by atoms with Crippen molar-refractivity contribution in [2.75, 3.05) is 11.4 Å². The fraction of sp³-hybridized carbons (Fsp3) is 0.417. The lowest BCUT2D eigenvalue weighted by Gasteiger charge is -2.35. The van der Waals surface area contributed by atoms with Crippen LogP contribution in [0.1, 0.15) is 11.1 Å². The highest BCUT2D eigenvalue weighted by Crippen LogP contribution is 2.50. The van der Waals surface area contributed by atoms with Crippen molar-refractivity contribution in [3.8, 4) is 6.07 Å². The summed E-state index contributed by atoms with van der Waals surface area (Å²) in [4.78, 5) is 0.612. The second-order valence-corrected chi connectivity index (χ2v) is 6.78. The molecule has 0 N–H and O–H groups in total. The molecule has 0 spiro atoms. The van der Waals surface area contributed by atoms with Crippen LogP contribution in [-0.4, -0.2) is 22.7 Å². The van der Waals surface area contributed by atoms with Crippen molar-refractivity contribution in [2.45, 2.75) is 22.6 Å². The van der Waals surface area contributed by atoms with Crippen LogP contribution in [0.25, 0.3) is 0 Å². The molecule has 0 fully saturated rings. The summed E-state index contributed by atoms with van der Waals surface area (Å²) < 4.78 is 62.6. The van der Waals surface area contributed by atoms with Crippen molar-refractivity contribution in [1.29, 1.82) is 5.26 Å². The largest absolute Gasteiger partial charge is 0.405 e. The molecule has 1 unspecified atom stereocenters. The van der Waals surface area contributed by atoms with Crippen LogP contribution in [0.4, 0.5) is 27.6 Å². The number of nitrogens with zero attached hydrogens (tertiary/aromatic N) is 2. The predicted molar refractivity (Wildman–Crippen MR) is 76.0 cm³/mol. The number of rotatable bonds is 2. The van der Waals surface area contributed by atoms with E-state index >= 15 is 0 Å². The van der Waals surface area contributed by atoms with Crippen LogP contribution in [-0.2, 0) is 6.42 Å². The Balaban J connectivity index is 2.57. The van der Waals surface area contributed by atoms with Crippen LogP contribution in [0.15, 0.2) is 12.1 Å². The quantitative estimate of drug-likeness (QED) is 0.295. The Morgan fingerprint density at radius 3 is 2.52 bits per heavy atom. The molecule has 9 heteroatoms. The molecule has 114 valence electrons. The van der Waals surface area contributed by atoms with E-state index in [-0.39, 0.29) is 28.3 Å². The van der Waals surface area contributed by atoms with Crippen molar-refractivity contribution in [3.05, 3.63) is 28.3 Å². The molecule has 0 bridgehead atoms. The average Bonchev–Trinajstić information content (AvgIpc) is 2.64. The highest BCUT2D eigenvalue weighted by atomic mass is 127. The third-order valence-electron chi connectivity index (χ3n) is 3.17. The molecule has 0 aliphatic carbocycles. The molecule has 0 radical (unpaired) electrons. The van der Waals surface area contributed by atoms with E-state index in [0.717, 1.165) is 0 Å². The lowest BCUT2D eigenvalue weighted by Crippen LogP contribution is -2.50. The van der Waals surface area contributed by atoms with Gasteiger partial charge in [0.15, 0.2) is 3.55 Å². The van der Waals surface area contributed by atoms with E-state index in [1.807, 2.05) is 0 Å². The van der Waals surface area contributed by atoms with E-state index in [4.69, 9.17) is 16.9 Å². The molecule has 0 amide bonds. The number of benzene rings is 1. The number of halogens is 7. The zero-order chi connectivity index (χ0) is 16.0. The predicted octanol–water partition coefficient (Wildman–Crippen LogP) is 4.53. The van der Waals surface area contributed by atoms with Crippen LogP contribution in [0.3, 0.4) is 0 Å². The maximum Gasteiger partial charge on any atom is 0.405 e. The van der Waals surface area contributed by atoms with Gasteiger partial charge in [-0.25, -0.2) is 8.78 Å². The van der Waals surface area contributed by atoms with Crippen molar-refractivity contribution in [2.24, 2.45) is 0 Å².